The molecule has 2 heterocycles. The zero-order chi connectivity index (χ0) is 13.1. The third kappa shape index (κ3) is 2.79. The van der Waals surface area contributed by atoms with Gasteiger partial charge in [-0.1, -0.05) is 12.1 Å². The Balaban J connectivity index is 1.66. The van der Waals surface area contributed by atoms with Gasteiger partial charge in [-0.05, 0) is 43.2 Å². The lowest BCUT2D eigenvalue weighted by Crippen LogP contribution is -2.33. The third-order valence-corrected chi connectivity index (χ3v) is 3.54. The molecule has 0 radical (unpaired) electrons. The lowest BCUT2D eigenvalue weighted by Gasteiger charge is -2.19. The summed E-state index contributed by atoms with van der Waals surface area (Å²) in [6.45, 7) is 2.09. The van der Waals surface area contributed by atoms with Gasteiger partial charge in [0.05, 0.1) is 0 Å². The first-order valence-corrected chi connectivity index (χ1v) is 6.65. The molecule has 0 amide bonds. The van der Waals surface area contributed by atoms with Crippen molar-refractivity contribution in [2.75, 3.05) is 19.9 Å². The molecular weight excluding hydrogens is 242 g/mol. The zero-order valence-electron chi connectivity index (χ0n) is 10.7. The minimum Gasteiger partial charge on any atom is -0.454 e. The summed E-state index contributed by atoms with van der Waals surface area (Å²) in [6, 6.07) is 5.69. The number of nitrogens with one attached hydrogen (secondary N) is 1. The van der Waals surface area contributed by atoms with Crippen LogP contribution < -0.4 is 14.8 Å². The van der Waals surface area contributed by atoms with Crippen molar-refractivity contribution in [3.05, 3.63) is 29.8 Å². The Morgan fingerprint density at radius 2 is 2.21 bits per heavy atom. The predicted molar refractivity (Wildman–Crippen MR) is 72.2 cm³/mol. The van der Waals surface area contributed by atoms with Gasteiger partial charge in [-0.15, -0.1) is 0 Å². The van der Waals surface area contributed by atoms with E-state index in [4.69, 9.17) is 9.47 Å². The smallest absolute Gasteiger partial charge is 0.231 e. The molecule has 1 unspecified atom stereocenters. The highest BCUT2D eigenvalue weighted by Gasteiger charge is 2.18. The maximum atomic E-state index is 12.0. The first-order chi connectivity index (χ1) is 9.33. The fraction of sp³-hybridized carbons (Fsp3) is 0.400. The van der Waals surface area contributed by atoms with Crippen LogP contribution in [0.2, 0.25) is 0 Å². The highest BCUT2D eigenvalue weighted by atomic mass is 16.7. The normalized spacial score (nSPS) is 21.8. The summed E-state index contributed by atoms with van der Waals surface area (Å²) in [6.07, 6.45) is 5.58. The highest BCUT2D eigenvalue weighted by Crippen LogP contribution is 2.32. The number of carbonyl (C=O) groups is 1. The number of hydrogen-bond acceptors (Lipinski definition) is 4. The second-order valence-electron chi connectivity index (χ2n) is 4.89. The van der Waals surface area contributed by atoms with Gasteiger partial charge in [-0.25, -0.2) is 0 Å². The summed E-state index contributed by atoms with van der Waals surface area (Å²) in [5.41, 5.74) is 0.960. The quantitative estimate of drug-likeness (QED) is 0.843. The molecule has 100 valence electrons. The Bertz CT molecular complexity index is 504. The number of ketones is 1. The van der Waals surface area contributed by atoms with Crippen molar-refractivity contribution in [2.45, 2.75) is 12.8 Å². The van der Waals surface area contributed by atoms with Crippen LogP contribution in [0.25, 0.3) is 6.08 Å². The fourth-order valence-electron chi connectivity index (χ4n) is 2.43. The lowest BCUT2D eigenvalue weighted by molar-refractivity contribution is -0.118. The molecule has 0 aromatic heterocycles. The van der Waals surface area contributed by atoms with E-state index in [1.165, 1.54) is 0 Å². The summed E-state index contributed by atoms with van der Waals surface area (Å²) >= 11 is 0. The fourth-order valence-corrected chi connectivity index (χ4v) is 2.43. The average molecular weight is 259 g/mol. The molecular formula is C15H17NO3. The van der Waals surface area contributed by atoms with Gasteiger partial charge in [0.2, 0.25) is 6.79 Å². The van der Waals surface area contributed by atoms with Crippen LogP contribution in [0.4, 0.5) is 0 Å². The van der Waals surface area contributed by atoms with Gasteiger partial charge >= 0.3 is 0 Å². The summed E-state index contributed by atoms with van der Waals surface area (Å²) < 4.78 is 10.6. The van der Waals surface area contributed by atoms with E-state index < -0.39 is 0 Å². The van der Waals surface area contributed by atoms with E-state index in [-0.39, 0.29) is 18.5 Å². The molecule has 4 heteroatoms. The molecule has 1 atom stereocenters. The van der Waals surface area contributed by atoms with Gasteiger partial charge in [0.25, 0.3) is 0 Å². The number of benzene rings is 1. The maximum absolute atomic E-state index is 12.0. The average Bonchev–Trinajstić information content (AvgIpc) is 2.93. The van der Waals surface area contributed by atoms with Crippen LogP contribution in [-0.2, 0) is 4.79 Å². The SMILES string of the molecule is O=C(C=Cc1ccc2c(c1)OCO2)C1CCCNC1. The Kier molecular flexibility index (Phi) is 3.51. The Hall–Kier alpha value is -1.81. The number of hydrogen-bond donors (Lipinski definition) is 1. The topological polar surface area (TPSA) is 47.6 Å². The van der Waals surface area contributed by atoms with Crippen LogP contribution in [0.5, 0.6) is 11.5 Å². The van der Waals surface area contributed by atoms with Crippen LogP contribution in [0.3, 0.4) is 0 Å². The summed E-state index contributed by atoms with van der Waals surface area (Å²) in [7, 11) is 0. The lowest BCUT2D eigenvalue weighted by atomic mass is 9.94. The molecule has 1 saturated heterocycles. The number of piperidine rings is 1. The number of fused-ring (bicyclic) bond motifs is 1. The van der Waals surface area contributed by atoms with Gasteiger partial charge < -0.3 is 14.8 Å². The zero-order valence-corrected chi connectivity index (χ0v) is 10.7. The van der Waals surface area contributed by atoms with E-state index in [1.54, 1.807) is 6.08 Å². The third-order valence-electron chi connectivity index (χ3n) is 3.54. The number of rotatable bonds is 3. The van der Waals surface area contributed by atoms with Crippen LogP contribution >= 0.6 is 0 Å². The van der Waals surface area contributed by atoms with E-state index in [0.29, 0.717) is 0 Å². The molecule has 1 aromatic rings. The molecule has 3 rings (SSSR count). The maximum Gasteiger partial charge on any atom is 0.231 e. The molecule has 1 aromatic carbocycles. The van der Waals surface area contributed by atoms with Crippen LogP contribution in [0, 0.1) is 5.92 Å². The van der Waals surface area contributed by atoms with Crippen molar-refractivity contribution in [3.8, 4) is 11.5 Å². The predicted octanol–water partition coefficient (Wildman–Crippen LogP) is 2.00. The first-order valence-electron chi connectivity index (χ1n) is 6.65. The van der Waals surface area contributed by atoms with E-state index in [2.05, 4.69) is 5.32 Å². The van der Waals surface area contributed by atoms with Gasteiger partial charge in [0.1, 0.15) is 0 Å². The molecule has 4 nitrogen and oxygen atoms in total. The minimum atomic E-state index is 0.124. The summed E-state index contributed by atoms with van der Waals surface area (Å²) in [4.78, 5) is 12.0. The minimum absolute atomic E-state index is 0.124. The van der Waals surface area contributed by atoms with Crippen molar-refractivity contribution in [3.63, 3.8) is 0 Å². The van der Waals surface area contributed by atoms with Crippen LogP contribution in [0.1, 0.15) is 18.4 Å². The van der Waals surface area contributed by atoms with E-state index in [0.717, 1.165) is 43.0 Å². The standard InChI is InChI=1S/C15H17NO3/c17-13(12-2-1-7-16-9-12)5-3-11-4-6-14-15(8-11)19-10-18-14/h3-6,8,12,16H,1-2,7,9-10H2. The van der Waals surface area contributed by atoms with Gasteiger partial charge in [0, 0.05) is 12.5 Å². The van der Waals surface area contributed by atoms with Crippen molar-refractivity contribution in [1.29, 1.82) is 0 Å². The van der Waals surface area contributed by atoms with E-state index >= 15 is 0 Å². The Morgan fingerprint density at radius 3 is 3.05 bits per heavy atom. The number of ether oxygens (including phenoxy) is 2. The molecule has 19 heavy (non-hydrogen) atoms. The number of carbonyl (C=O) groups excluding carboxylic acids is 1. The van der Waals surface area contributed by atoms with Crippen molar-refractivity contribution < 1.29 is 14.3 Å². The summed E-state index contributed by atoms with van der Waals surface area (Å²) in [5.74, 6) is 1.83. The van der Waals surface area contributed by atoms with Gasteiger partial charge in [-0.2, -0.15) is 0 Å². The van der Waals surface area contributed by atoms with Gasteiger partial charge in [0.15, 0.2) is 17.3 Å². The molecule has 0 spiro atoms. The second-order valence-corrected chi connectivity index (χ2v) is 4.89. The largest absolute Gasteiger partial charge is 0.454 e. The molecule has 1 fully saturated rings. The summed E-state index contributed by atoms with van der Waals surface area (Å²) in [5, 5.41) is 3.26. The molecule has 0 aliphatic carbocycles. The molecule has 1 N–H and O–H groups in total. The Morgan fingerprint density at radius 1 is 1.32 bits per heavy atom. The number of allylic oxidation sites excluding steroid dienone is 1. The monoisotopic (exact) mass is 259 g/mol. The molecule has 0 bridgehead atoms. The van der Waals surface area contributed by atoms with E-state index in [9.17, 15) is 4.79 Å². The first kappa shape index (κ1) is 12.2. The highest BCUT2D eigenvalue weighted by molar-refractivity contribution is 5.95. The van der Waals surface area contributed by atoms with E-state index in [1.807, 2.05) is 24.3 Å². The van der Waals surface area contributed by atoms with Gasteiger partial charge in [-0.3, -0.25) is 4.79 Å². The molecule has 2 aliphatic heterocycles. The molecule has 0 saturated carbocycles. The second kappa shape index (κ2) is 5.45. The van der Waals surface area contributed by atoms with Crippen LogP contribution in [0.15, 0.2) is 24.3 Å². The van der Waals surface area contributed by atoms with Crippen molar-refractivity contribution >= 4 is 11.9 Å². The van der Waals surface area contributed by atoms with Crippen LogP contribution in [-0.4, -0.2) is 25.7 Å². The van der Waals surface area contributed by atoms with Crippen molar-refractivity contribution in [2.24, 2.45) is 5.92 Å². The molecule has 2 aliphatic rings. The van der Waals surface area contributed by atoms with Crippen molar-refractivity contribution in [1.82, 2.24) is 5.32 Å². The Labute approximate surface area is 112 Å².